The zero-order valence-corrected chi connectivity index (χ0v) is 12.0. The average molecular weight is 321 g/mol. The van der Waals surface area contributed by atoms with Gasteiger partial charge < -0.3 is 10.4 Å². The largest absolute Gasteiger partial charge is 0.480 e. The summed E-state index contributed by atoms with van der Waals surface area (Å²) < 4.78 is 39.3. The molecule has 1 atom stereocenters. The van der Waals surface area contributed by atoms with Crippen LogP contribution in [0.4, 0.5) is 13.2 Å². The standard InChI is InChI=1S/C13H14F3NO3S/c1-2-21-6-5-9(13(19)20)17-12(18)7-3-4-8(14)11(16)10(7)15/h3-4,9H,2,5-6H2,1H3,(H,17,18)(H,19,20). The molecule has 0 aliphatic carbocycles. The van der Waals surface area contributed by atoms with Crippen LogP contribution in [0.15, 0.2) is 12.1 Å². The molecule has 0 radical (unpaired) electrons. The summed E-state index contributed by atoms with van der Waals surface area (Å²) >= 11 is 1.49. The van der Waals surface area contributed by atoms with Crippen LogP contribution in [0.25, 0.3) is 0 Å². The normalized spacial score (nSPS) is 12.0. The van der Waals surface area contributed by atoms with Crippen LogP contribution in [0.2, 0.25) is 0 Å². The smallest absolute Gasteiger partial charge is 0.326 e. The number of carbonyl (C=O) groups excluding carboxylic acids is 1. The predicted molar refractivity (Wildman–Crippen MR) is 72.8 cm³/mol. The fourth-order valence-electron chi connectivity index (χ4n) is 1.54. The van der Waals surface area contributed by atoms with E-state index in [1.54, 1.807) is 0 Å². The maximum absolute atomic E-state index is 13.4. The van der Waals surface area contributed by atoms with Gasteiger partial charge in [-0.3, -0.25) is 4.79 Å². The summed E-state index contributed by atoms with van der Waals surface area (Å²) in [5.74, 6) is -5.91. The Morgan fingerprint density at radius 1 is 1.29 bits per heavy atom. The van der Waals surface area contributed by atoms with Gasteiger partial charge in [-0.25, -0.2) is 18.0 Å². The Morgan fingerprint density at radius 3 is 2.52 bits per heavy atom. The number of halogens is 3. The third-order valence-corrected chi connectivity index (χ3v) is 3.57. The molecule has 1 aromatic rings. The average Bonchev–Trinajstić information content (AvgIpc) is 2.43. The number of aliphatic carboxylic acids is 1. The Kier molecular flexibility index (Phi) is 6.54. The quantitative estimate of drug-likeness (QED) is 0.598. The number of thioether (sulfide) groups is 1. The summed E-state index contributed by atoms with van der Waals surface area (Å²) in [7, 11) is 0. The second kappa shape index (κ2) is 7.92. The third-order valence-electron chi connectivity index (χ3n) is 2.64. The van der Waals surface area contributed by atoms with Crippen LogP contribution in [-0.2, 0) is 4.79 Å². The first-order valence-corrected chi connectivity index (χ1v) is 7.28. The van der Waals surface area contributed by atoms with Crippen LogP contribution in [0.5, 0.6) is 0 Å². The molecule has 1 amide bonds. The number of amides is 1. The number of hydrogen-bond donors (Lipinski definition) is 2. The van der Waals surface area contributed by atoms with Crippen molar-refractivity contribution in [3.8, 4) is 0 Å². The molecule has 0 heterocycles. The summed E-state index contributed by atoms with van der Waals surface area (Å²) in [6.45, 7) is 1.90. The van der Waals surface area contributed by atoms with Crippen LogP contribution < -0.4 is 5.32 Å². The van der Waals surface area contributed by atoms with Gasteiger partial charge >= 0.3 is 5.97 Å². The lowest BCUT2D eigenvalue weighted by atomic mass is 10.1. The number of rotatable bonds is 7. The Hall–Kier alpha value is -1.70. The van der Waals surface area contributed by atoms with Gasteiger partial charge in [-0.1, -0.05) is 6.92 Å². The van der Waals surface area contributed by atoms with Gasteiger partial charge in [-0.2, -0.15) is 11.8 Å². The van der Waals surface area contributed by atoms with E-state index >= 15 is 0 Å². The number of carboxylic acids is 1. The van der Waals surface area contributed by atoms with Gasteiger partial charge in [-0.05, 0) is 30.1 Å². The lowest BCUT2D eigenvalue weighted by Gasteiger charge is -2.14. The molecule has 116 valence electrons. The van der Waals surface area contributed by atoms with Crippen molar-refractivity contribution in [2.75, 3.05) is 11.5 Å². The van der Waals surface area contributed by atoms with Crippen molar-refractivity contribution in [2.24, 2.45) is 0 Å². The lowest BCUT2D eigenvalue weighted by Crippen LogP contribution is -2.41. The fourth-order valence-corrected chi connectivity index (χ4v) is 2.23. The summed E-state index contributed by atoms with van der Waals surface area (Å²) in [4.78, 5) is 22.8. The summed E-state index contributed by atoms with van der Waals surface area (Å²) in [6, 6.07) is 0.155. The fraction of sp³-hybridized carbons (Fsp3) is 0.385. The molecule has 0 spiro atoms. The Labute approximate surface area is 123 Å². The van der Waals surface area contributed by atoms with E-state index in [1.165, 1.54) is 11.8 Å². The van der Waals surface area contributed by atoms with Crippen LogP contribution in [-0.4, -0.2) is 34.5 Å². The molecule has 0 aliphatic rings. The van der Waals surface area contributed by atoms with Gasteiger partial charge in [-0.15, -0.1) is 0 Å². The molecular weight excluding hydrogens is 307 g/mol. The number of nitrogens with one attached hydrogen (secondary N) is 1. The SMILES string of the molecule is CCSCCC(NC(=O)c1ccc(F)c(F)c1F)C(=O)O. The molecule has 1 unspecified atom stereocenters. The minimum absolute atomic E-state index is 0.144. The molecule has 2 N–H and O–H groups in total. The highest BCUT2D eigenvalue weighted by molar-refractivity contribution is 7.99. The van der Waals surface area contributed by atoms with Crippen molar-refractivity contribution in [1.29, 1.82) is 0 Å². The lowest BCUT2D eigenvalue weighted by molar-refractivity contribution is -0.139. The van der Waals surface area contributed by atoms with Crippen LogP contribution >= 0.6 is 11.8 Å². The molecule has 1 aromatic carbocycles. The molecule has 0 saturated heterocycles. The van der Waals surface area contributed by atoms with Crippen molar-refractivity contribution < 1.29 is 27.9 Å². The van der Waals surface area contributed by atoms with Crippen molar-refractivity contribution in [2.45, 2.75) is 19.4 Å². The molecule has 0 aliphatic heterocycles. The summed E-state index contributed by atoms with van der Waals surface area (Å²) in [5.41, 5.74) is -0.733. The highest BCUT2D eigenvalue weighted by Crippen LogP contribution is 2.15. The zero-order valence-electron chi connectivity index (χ0n) is 11.2. The van der Waals surface area contributed by atoms with Gasteiger partial charge in [0.2, 0.25) is 0 Å². The van der Waals surface area contributed by atoms with Gasteiger partial charge in [0.1, 0.15) is 6.04 Å². The molecular formula is C13H14F3NO3S. The first-order valence-electron chi connectivity index (χ1n) is 6.13. The van der Waals surface area contributed by atoms with E-state index in [0.29, 0.717) is 11.8 Å². The van der Waals surface area contributed by atoms with Crippen molar-refractivity contribution >= 4 is 23.6 Å². The monoisotopic (exact) mass is 321 g/mol. The molecule has 0 fully saturated rings. The van der Waals surface area contributed by atoms with E-state index in [-0.39, 0.29) is 6.42 Å². The minimum Gasteiger partial charge on any atom is -0.480 e. The van der Waals surface area contributed by atoms with Crippen molar-refractivity contribution in [1.82, 2.24) is 5.32 Å². The van der Waals surface area contributed by atoms with E-state index < -0.39 is 40.9 Å². The third kappa shape index (κ3) is 4.66. The minimum atomic E-state index is -1.77. The Morgan fingerprint density at radius 2 is 1.95 bits per heavy atom. The maximum atomic E-state index is 13.4. The zero-order chi connectivity index (χ0) is 16.0. The first-order chi connectivity index (χ1) is 9.88. The summed E-state index contributed by atoms with van der Waals surface area (Å²) in [5, 5.41) is 11.1. The topological polar surface area (TPSA) is 66.4 Å². The molecule has 0 saturated carbocycles. The summed E-state index contributed by atoms with van der Waals surface area (Å²) in [6.07, 6.45) is 0.144. The highest BCUT2D eigenvalue weighted by Gasteiger charge is 2.24. The van der Waals surface area contributed by atoms with Crippen molar-refractivity contribution in [3.05, 3.63) is 35.1 Å². The first kappa shape index (κ1) is 17.4. The number of hydrogen-bond acceptors (Lipinski definition) is 3. The molecule has 21 heavy (non-hydrogen) atoms. The van der Waals surface area contributed by atoms with Gasteiger partial charge in [0.05, 0.1) is 5.56 Å². The Balaban J connectivity index is 2.82. The van der Waals surface area contributed by atoms with Crippen LogP contribution in [0.1, 0.15) is 23.7 Å². The Bertz CT molecular complexity index is 540. The van der Waals surface area contributed by atoms with Crippen LogP contribution in [0, 0.1) is 17.5 Å². The molecule has 4 nitrogen and oxygen atoms in total. The van der Waals surface area contributed by atoms with E-state index in [0.717, 1.165) is 11.8 Å². The highest BCUT2D eigenvalue weighted by atomic mass is 32.2. The van der Waals surface area contributed by atoms with Gasteiger partial charge in [0, 0.05) is 0 Å². The molecule has 0 aromatic heterocycles. The predicted octanol–water partition coefficient (Wildman–Crippen LogP) is 2.43. The number of carbonyl (C=O) groups is 2. The molecule has 0 bridgehead atoms. The van der Waals surface area contributed by atoms with E-state index in [1.807, 2.05) is 6.92 Å². The van der Waals surface area contributed by atoms with Gasteiger partial charge in [0.25, 0.3) is 5.91 Å². The maximum Gasteiger partial charge on any atom is 0.326 e. The molecule has 8 heteroatoms. The number of carboxylic acid groups (broad SMARTS) is 1. The van der Waals surface area contributed by atoms with Crippen LogP contribution in [0.3, 0.4) is 0 Å². The number of benzene rings is 1. The second-order valence-corrected chi connectivity index (χ2v) is 5.47. The molecule has 1 rings (SSSR count). The van der Waals surface area contributed by atoms with E-state index in [4.69, 9.17) is 5.11 Å². The van der Waals surface area contributed by atoms with E-state index in [9.17, 15) is 22.8 Å². The van der Waals surface area contributed by atoms with Gasteiger partial charge in [0.15, 0.2) is 17.5 Å². The van der Waals surface area contributed by atoms with Crippen molar-refractivity contribution in [3.63, 3.8) is 0 Å². The second-order valence-electron chi connectivity index (χ2n) is 4.07. The van der Waals surface area contributed by atoms with E-state index in [2.05, 4.69) is 5.32 Å².